The second-order valence-electron chi connectivity index (χ2n) is 4.86. The molecule has 0 aromatic heterocycles. The van der Waals surface area contributed by atoms with Crippen molar-refractivity contribution in [3.8, 4) is 0 Å². The third kappa shape index (κ3) is 3.73. The van der Waals surface area contributed by atoms with Crippen LogP contribution in [0.5, 0.6) is 0 Å². The first-order valence-corrected chi connectivity index (χ1v) is 4.98. The Labute approximate surface area is 86.1 Å². The summed E-state index contributed by atoms with van der Waals surface area (Å²) in [5.74, 6) is 0. The van der Waals surface area contributed by atoms with E-state index in [1.54, 1.807) is 6.07 Å². The summed E-state index contributed by atoms with van der Waals surface area (Å²) in [5.41, 5.74) is 2.22. The Balaban J connectivity index is 2.63. The van der Waals surface area contributed by atoms with E-state index in [0.717, 1.165) is 12.8 Å². The minimum atomic E-state index is 0.348. The first-order valence-electron chi connectivity index (χ1n) is 4.98. The summed E-state index contributed by atoms with van der Waals surface area (Å²) < 4.78 is 0. The van der Waals surface area contributed by atoms with Crippen LogP contribution in [0.2, 0.25) is 0 Å². The summed E-state index contributed by atoms with van der Waals surface area (Å²) in [6.45, 7) is 6.67. The molecular formula is C13H17O. The Morgan fingerprint density at radius 1 is 1.29 bits per heavy atom. The Bertz CT molecular complexity index is 307. The normalized spacial score (nSPS) is 11.4. The van der Waals surface area contributed by atoms with E-state index in [1.807, 2.05) is 18.4 Å². The van der Waals surface area contributed by atoms with E-state index in [1.165, 1.54) is 5.56 Å². The number of hydrogen-bond donors (Lipinski definition) is 0. The summed E-state index contributed by atoms with van der Waals surface area (Å²) >= 11 is 0. The third-order valence-electron chi connectivity index (χ3n) is 2.21. The van der Waals surface area contributed by atoms with E-state index in [2.05, 4.69) is 26.8 Å². The number of rotatable bonds is 3. The molecule has 1 aromatic rings. The van der Waals surface area contributed by atoms with E-state index in [0.29, 0.717) is 11.0 Å². The molecule has 1 heteroatoms. The summed E-state index contributed by atoms with van der Waals surface area (Å²) in [7, 11) is 0. The third-order valence-corrected chi connectivity index (χ3v) is 2.21. The maximum atomic E-state index is 10.4. The van der Waals surface area contributed by atoms with Crippen LogP contribution in [0, 0.1) is 5.41 Å². The predicted molar refractivity (Wildman–Crippen MR) is 59.0 cm³/mol. The molecule has 1 nitrogen and oxygen atoms in total. The lowest BCUT2D eigenvalue weighted by atomic mass is 9.88. The molecule has 0 atom stereocenters. The minimum absolute atomic E-state index is 0.348. The molecule has 0 amide bonds. The lowest BCUT2D eigenvalue weighted by Crippen LogP contribution is -2.06. The molecule has 1 rings (SSSR count). The van der Waals surface area contributed by atoms with Crippen LogP contribution >= 0.6 is 0 Å². The molecule has 0 aliphatic carbocycles. The Morgan fingerprint density at radius 3 is 2.57 bits per heavy atom. The van der Waals surface area contributed by atoms with Crippen molar-refractivity contribution in [2.24, 2.45) is 5.41 Å². The number of hydrogen-bond acceptors (Lipinski definition) is 1. The fraction of sp³-hybridized carbons (Fsp3) is 0.462. The maximum Gasteiger partial charge on any atom is 0.233 e. The first-order chi connectivity index (χ1) is 6.51. The predicted octanol–water partition coefficient (Wildman–Crippen LogP) is 3.12. The van der Waals surface area contributed by atoms with Gasteiger partial charge in [0, 0.05) is 5.56 Å². The molecule has 0 unspecified atom stereocenters. The van der Waals surface area contributed by atoms with Crippen molar-refractivity contribution in [2.45, 2.75) is 33.6 Å². The van der Waals surface area contributed by atoms with Crippen molar-refractivity contribution in [2.75, 3.05) is 0 Å². The topological polar surface area (TPSA) is 17.1 Å². The van der Waals surface area contributed by atoms with Gasteiger partial charge in [-0.25, -0.2) is 0 Å². The van der Waals surface area contributed by atoms with Gasteiger partial charge >= 0.3 is 0 Å². The number of benzene rings is 1. The van der Waals surface area contributed by atoms with Crippen molar-refractivity contribution >= 4 is 6.29 Å². The molecule has 0 spiro atoms. The highest BCUT2D eigenvalue weighted by Gasteiger charge is 2.09. The average molecular weight is 189 g/mol. The van der Waals surface area contributed by atoms with Gasteiger partial charge in [-0.1, -0.05) is 39.0 Å². The van der Waals surface area contributed by atoms with Gasteiger partial charge < -0.3 is 0 Å². The van der Waals surface area contributed by atoms with Gasteiger partial charge in [-0.05, 0) is 29.9 Å². The Kier molecular flexibility index (Phi) is 3.45. The van der Waals surface area contributed by atoms with Gasteiger partial charge in [-0.15, -0.1) is 0 Å². The van der Waals surface area contributed by atoms with E-state index in [9.17, 15) is 4.79 Å². The molecule has 0 N–H and O–H groups in total. The van der Waals surface area contributed by atoms with E-state index >= 15 is 0 Å². The average Bonchev–Trinajstić information content (AvgIpc) is 2.14. The molecule has 0 aliphatic heterocycles. The molecule has 0 saturated heterocycles. The van der Waals surface area contributed by atoms with Crippen LogP contribution in [0.1, 0.15) is 38.3 Å². The quantitative estimate of drug-likeness (QED) is 0.714. The van der Waals surface area contributed by atoms with Crippen molar-refractivity contribution in [1.82, 2.24) is 0 Å². The van der Waals surface area contributed by atoms with Crippen LogP contribution in [0.25, 0.3) is 0 Å². The molecule has 0 heterocycles. The molecule has 75 valence electrons. The van der Waals surface area contributed by atoms with E-state index in [4.69, 9.17) is 0 Å². The standard InChI is InChI=1S/C13H17O/c1-13(2,3)8-7-11-5-4-6-12(9-11)10-14/h4-6,9H,7-8H2,1-3H3. The molecule has 0 aliphatic rings. The van der Waals surface area contributed by atoms with Crippen LogP contribution in [0.4, 0.5) is 0 Å². The molecule has 0 saturated carbocycles. The zero-order valence-electron chi connectivity index (χ0n) is 9.13. The SMILES string of the molecule is CC(C)(C)CCc1cccc([C]=O)c1. The summed E-state index contributed by atoms with van der Waals surface area (Å²) in [4.78, 5) is 10.4. The van der Waals surface area contributed by atoms with Gasteiger partial charge in [-0.3, -0.25) is 4.79 Å². The van der Waals surface area contributed by atoms with Gasteiger partial charge in [0.1, 0.15) is 0 Å². The summed E-state index contributed by atoms with van der Waals surface area (Å²) in [6, 6.07) is 7.68. The first kappa shape index (κ1) is 11.0. The zero-order chi connectivity index (χ0) is 10.6. The van der Waals surface area contributed by atoms with Gasteiger partial charge in [0.15, 0.2) is 0 Å². The highest BCUT2D eigenvalue weighted by molar-refractivity contribution is 5.75. The van der Waals surface area contributed by atoms with E-state index < -0.39 is 0 Å². The van der Waals surface area contributed by atoms with E-state index in [-0.39, 0.29) is 0 Å². The molecule has 0 fully saturated rings. The van der Waals surface area contributed by atoms with Crippen LogP contribution in [0.15, 0.2) is 24.3 Å². The van der Waals surface area contributed by atoms with Crippen LogP contribution in [-0.2, 0) is 11.2 Å². The van der Waals surface area contributed by atoms with Crippen molar-refractivity contribution in [1.29, 1.82) is 0 Å². The van der Waals surface area contributed by atoms with Crippen molar-refractivity contribution in [3.63, 3.8) is 0 Å². The summed E-state index contributed by atoms with van der Waals surface area (Å²) in [5, 5.41) is 0. The van der Waals surface area contributed by atoms with Crippen LogP contribution < -0.4 is 0 Å². The molecule has 1 aromatic carbocycles. The highest BCUT2D eigenvalue weighted by Crippen LogP contribution is 2.21. The van der Waals surface area contributed by atoms with Gasteiger partial charge in [0.05, 0.1) is 0 Å². The molecule has 14 heavy (non-hydrogen) atoms. The van der Waals surface area contributed by atoms with Crippen molar-refractivity contribution in [3.05, 3.63) is 35.4 Å². The number of carbonyl (C=O) groups excluding carboxylic acids is 1. The fourth-order valence-electron chi connectivity index (χ4n) is 1.31. The zero-order valence-corrected chi connectivity index (χ0v) is 9.13. The monoisotopic (exact) mass is 189 g/mol. The van der Waals surface area contributed by atoms with Crippen molar-refractivity contribution < 1.29 is 4.79 Å². The van der Waals surface area contributed by atoms with Crippen LogP contribution in [0.3, 0.4) is 0 Å². The molecular weight excluding hydrogens is 172 g/mol. The lowest BCUT2D eigenvalue weighted by Gasteiger charge is -2.17. The smallest absolute Gasteiger partial charge is 0.233 e. The fourth-order valence-corrected chi connectivity index (χ4v) is 1.31. The lowest BCUT2D eigenvalue weighted by molar-refractivity contribution is 0.378. The Hall–Kier alpha value is -1.11. The summed E-state index contributed by atoms with van der Waals surface area (Å²) in [6.07, 6.45) is 4.08. The Morgan fingerprint density at radius 2 is 2.00 bits per heavy atom. The second-order valence-corrected chi connectivity index (χ2v) is 4.86. The second kappa shape index (κ2) is 4.41. The van der Waals surface area contributed by atoms with Gasteiger partial charge in [-0.2, -0.15) is 0 Å². The van der Waals surface area contributed by atoms with Gasteiger partial charge in [0.2, 0.25) is 6.29 Å². The largest absolute Gasteiger partial charge is 0.285 e. The maximum absolute atomic E-state index is 10.4. The number of aryl methyl sites for hydroxylation is 1. The molecule has 1 radical (unpaired) electrons. The minimum Gasteiger partial charge on any atom is -0.285 e. The highest BCUT2D eigenvalue weighted by atomic mass is 16.1. The van der Waals surface area contributed by atoms with Crippen LogP contribution in [-0.4, -0.2) is 6.29 Å². The van der Waals surface area contributed by atoms with Gasteiger partial charge in [0.25, 0.3) is 0 Å². The molecule has 0 bridgehead atoms.